The molecule has 0 saturated heterocycles. The fourth-order valence-corrected chi connectivity index (χ4v) is 2.09. The maximum absolute atomic E-state index is 5.50. The van der Waals surface area contributed by atoms with Crippen molar-refractivity contribution in [1.29, 1.82) is 0 Å². The monoisotopic (exact) mass is 376 g/mol. The van der Waals surface area contributed by atoms with Gasteiger partial charge in [0.25, 0.3) is 0 Å². The Kier molecular flexibility index (Phi) is 70.5. The number of hydrogen-bond donors (Lipinski definition) is 0. The third kappa shape index (κ3) is 64.8. The van der Waals surface area contributed by atoms with E-state index in [4.69, 9.17) is 4.74 Å². The van der Waals surface area contributed by atoms with Crippen LogP contribution in [0.3, 0.4) is 0 Å². The highest BCUT2D eigenvalue weighted by Gasteiger charge is 1.94. The van der Waals surface area contributed by atoms with Gasteiger partial charge in [-0.3, -0.25) is 0 Å². The molecule has 26 heavy (non-hydrogen) atoms. The topological polar surface area (TPSA) is 9.23 Å². The van der Waals surface area contributed by atoms with Gasteiger partial charge in [-0.1, -0.05) is 133 Å². The molecule has 0 spiro atoms. The highest BCUT2D eigenvalue weighted by Crippen LogP contribution is 2.09. The molecule has 0 radical (unpaired) electrons. The van der Waals surface area contributed by atoms with Crippen molar-refractivity contribution in [2.45, 2.75) is 159 Å². The number of hydrogen-bond acceptors (Lipinski definition) is 1. The first-order chi connectivity index (χ1) is 12.7. The standard InChI is InChI=1S/C14H30O.C5H12.3C2H6/c1-4-5-6-7-8-9-10-11-12-13-15-14(2)3;1-3-5-4-2;3*1-2/h14H,4-13H2,1-3H3;3-5H2,1-2H3;3*1-2H3. The SMILES string of the molecule is CC.CC.CC.CCCCC.CCCCCCCCCCCOC(C)C. The van der Waals surface area contributed by atoms with E-state index in [1.54, 1.807) is 0 Å². The highest BCUT2D eigenvalue weighted by atomic mass is 16.5. The molecular formula is C25H60O. The van der Waals surface area contributed by atoms with E-state index in [9.17, 15) is 0 Å². The second-order valence-corrected chi connectivity index (χ2v) is 6.10. The molecule has 0 atom stereocenters. The predicted molar refractivity (Wildman–Crippen MR) is 128 cm³/mol. The van der Waals surface area contributed by atoms with Crippen LogP contribution in [0.2, 0.25) is 0 Å². The van der Waals surface area contributed by atoms with Crippen LogP contribution in [0.4, 0.5) is 0 Å². The Labute approximate surface area is 171 Å². The van der Waals surface area contributed by atoms with Gasteiger partial charge < -0.3 is 4.74 Å². The third-order valence-corrected chi connectivity index (χ3v) is 3.41. The molecule has 0 N–H and O–H groups in total. The summed E-state index contributed by atoms with van der Waals surface area (Å²) in [5, 5.41) is 0. The summed E-state index contributed by atoms with van der Waals surface area (Å²) in [4.78, 5) is 0. The van der Waals surface area contributed by atoms with E-state index in [1.807, 2.05) is 41.5 Å². The predicted octanol–water partition coefficient (Wildman–Crippen LogP) is 10.2. The van der Waals surface area contributed by atoms with Crippen molar-refractivity contribution in [2.24, 2.45) is 0 Å². The molecule has 0 aliphatic carbocycles. The van der Waals surface area contributed by atoms with E-state index in [-0.39, 0.29) is 0 Å². The Morgan fingerprint density at radius 3 is 1.04 bits per heavy atom. The summed E-state index contributed by atoms with van der Waals surface area (Å²) in [6.45, 7) is 23.9. The van der Waals surface area contributed by atoms with Gasteiger partial charge in [-0.25, -0.2) is 0 Å². The average molecular weight is 377 g/mol. The molecule has 1 heteroatoms. The smallest absolute Gasteiger partial charge is 0.0518 e. The molecule has 166 valence electrons. The van der Waals surface area contributed by atoms with Crippen LogP contribution in [0.15, 0.2) is 0 Å². The summed E-state index contributed by atoms with van der Waals surface area (Å²) in [6.07, 6.45) is 17.0. The van der Waals surface area contributed by atoms with E-state index in [1.165, 1.54) is 77.0 Å². The van der Waals surface area contributed by atoms with Gasteiger partial charge in [-0.2, -0.15) is 0 Å². The van der Waals surface area contributed by atoms with Gasteiger partial charge in [-0.15, -0.1) is 0 Å². The molecule has 0 aliphatic heterocycles. The zero-order valence-electron chi connectivity index (χ0n) is 21.2. The quantitative estimate of drug-likeness (QED) is 0.290. The van der Waals surface area contributed by atoms with Crippen LogP contribution in [-0.2, 0) is 4.74 Å². The van der Waals surface area contributed by atoms with Crippen LogP contribution in [0.25, 0.3) is 0 Å². The number of unbranched alkanes of at least 4 members (excludes halogenated alkanes) is 10. The lowest BCUT2D eigenvalue weighted by atomic mass is 10.1. The second kappa shape index (κ2) is 49.8. The lowest BCUT2D eigenvalue weighted by Crippen LogP contribution is -2.03. The first kappa shape index (κ1) is 36.8. The van der Waals surface area contributed by atoms with Crippen LogP contribution in [0, 0.1) is 0 Å². The Morgan fingerprint density at radius 2 is 0.769 bits per heavy atom. The maximum atomic E-state index is 5.50. The average Bonchev–Trinajstić information content (AvgIpc) is 2.69. The fraction of sp³-hybridized carbons (Fsp3) is 1.00. The van der Waals surface area contributed by atoms with Gasteiger partial charge in [0, 0.05) is 6.61 Å². The summed E-state index contributed by atoms with van der Waals surface area (Å²) in [5.41, 5.74) is 0. The Hall–Kier alpha value is -0.0400. The zero-order chi connectivity index (χ0) is 21.5. The molecule has 0 aromatic rings. The molecule has 0 rings (SSSR count). The van der Waals surface area contributed by atoms with Crippen LogP contribution < -0.4 is 0 Å². The lowest BCUT2D eigenvalue weighted by molar-refractivity contribution is 0.0756. The molecule has 0 heterocycles. The minimum Gasteiger partial charge on any atom is -0.379 e. The Balaban J connectivity index is -0.000000111. The largest absolute Gasteiger partial charge is 0.379 e. The van der Waals surface area contributed by atoms with Crippen LogP contribution >= 0.6 is 0 Å². The van der Waals surface area contributed by atoms with E-state index in [0.717, 1.165) is 6.61 Å². The summed E-state index contributed by atoms with van der Waals surface area (Å²) in [7, 11) is 0. The van der Waals surface area contributed by atoms with Gasteiger partial charge in [0.2, 0.25) is 0 Å². The molecule has 0 fully saturated rings. The van der Waals surface area contributed by atoms with E-state index < -0.39 is 0 Å². The molecule has 0 amide bonds. The highest BCUT2D eigenvalue weighted by molar-refractivity contribution is 4.47. The fourth-order valence-electron chi connectivity index (χ4n) is 2.09. The van der Waals surface area contributed by atoms with Crippen LogP contribution in [0.1, 0.15) is 153 Å². The molecular weight excluding hydrogens is 316 g/mol. The molecule has 0 aliphatic rings. The molecule has 0 aromatic heterocycles. The number of ether oxygens (including phenoxy) is 1. The molecule has 1 nitrogen and oxygen atoms in total. The minimum absolute atomic E-state index is 0.402. The third-order valence-electron chi connectivity index (χ3n) is 3.41. The van der Waals surface area contributed by atoms with Gasteiger partial charge in [0.1, 0.15) is 0 Å². The Bertz CT molecular complexity index is 141. The van der Waals surface area contributed by atoms with E-state index >= 15 is 0 Å². The zero-order valence-corrected chi connectivity index (χ0v) is 21.2. The molecule has 0 saturated carbocycles. The first-order valence-electron chi connectivity index (χ1n) is 12.3. The summed E-state index contributed by atoms with van der Waals surface area (Å²) in [5.74, 6) is 0. The molecule has 0 aromatic carbocycles. The van der Waals surface area contributed by atoms with Crippen molar-refractivity contribution in [3.63, 3.8) is 0 Å². The minimum atomic E-state index is 0.402. The van der Waals surface area contributed by atoms with Crippen molar-refractivity contribution in [1.82, 2.24) is 0 Å². The normalized spacial score (nSPS) is 8.77. The van der Waals surface area contributed by atoms with Gasteiger partial charge in [-0.05, 0) is 20.3 Å². The van der Waals surface area contributed by atoms with Crippen molar-refractivity contribution >= 4 is 0 Å². The van der Waals surface area contributed by atoms with Crippen molar-refractivity contribution in [3.8, 4) is 0 Å². The van der Waals surface area contributed by atoms with Crippen molar-refractivity contribution in [2.75, 3.05) is 6.61 Å². The molecule has 0 unspecified atom stereocenters. The van der Waals surface area contributed by atoms with E-state index in [0.29, 0.717) is 6.10 Å². The summed E-state index contributed by atoms with van der Waals surface area (Å²) < 4.78 is 5.50. The summed E-state index contributed by atoms with van der Waals surface area (Å²) in [6, 6.07) is 0. The first-order valence-corrected chi connectivity index (χ1v) is 12.3. The van der Waals surface area contributed by atoms with Crippen LogP contribution in [0.5, 0.6) is 0 Å². The van der Waals surface area contributed by atoms with Crippen LogP contribution in [-0.4, -0.2) is 12.7 Å². The Morgan fingerprint density at radius 1 is 0.462 bits per heavy atom. The molecule has 0 bridgehead atoms. The summed E-state index contributed by atoms with van der Waals surface area (Å²) >= 11 is 0. The van der Waals surface area contributed by atoms with E-state index in [2.05, 4.69) is 34.6 Å². The van der Waals surface area contributed by atoms with Gasteiger partial charge >= 0.3 is 0 Å². The van der Waals surface area contributed by atoms with Crippen molar-refractivity contribution < 1.29 is 4.74 Å². The van der Waals surface area contributed by atoms with Gasteiger partial charge in [0.15, 0.2) is 0 Å². The second-order valence-electron chi connectivity index (χ2n) is 6.10. The van der Waals surface area contributed by atoms with Crippen molar-refractivity contribution in [3.05, 3.63) is 0 Å². The van der Waals surface area contributed by atoms with Gasteiger partial charge in [0.05, 0.1) is 6.10 Å². The maximum Gasteiger partial charge on any atom is 0.0518 e. The number of rotatable bonds is 13. The lowest BCUT2D eigenvalue weighted by Gasteiger charge is -2.06.